The fourth-order valence-electron chi connectivity index (χ4n) is 3.93. The van der Waals surface area contributed by atoms with Gasteiger partial charge >= 0.3 is 0 Å². The van der Waals surface area contributed by atoms with E-state index >= 15 is 0 Å². The van der Waals surface area contributed by atoms with E-state index in [1.54, 1.807) is 6.07 Å². The Morgan fingerprint density at radius 2 is 1.62 bits per heavy atom. The minimum Gasteiger partial charge on any atom is -0.508 e. The Kier molecular flexibility index (Phi) is 6.76. The number of phenols is 1. The first-order valence-corrected chi connectivity index (χ1v) is 8.49. The van der Waals surface area contributed by atoms with E-state index in [9.17, 15) is 5.11 Å². The number of hydrogen-bond donors (Lipinski definition) is 2. The second-order valence-corrected chi connectivity index (χ2v) is 6.71. The van der Waals surface area contributed by atoms with Crippen LogP contribution in [-0.4, -0.2) is 36.2 Å². The Morgan fingerprint density at radius 1 is 0.958 bits per heavy atom. The van der Waals surface area contributed by atoms with Gasteiger partial charge in [0.15, 0.2) is 0 Å². The van der Waals surface area contributed by atoms with Crippen molar-refractivity contribution in [3.05, 3.63) is 42.0 Å². The molecule has 0 radical (unpaired) electrons. The molecule has 1 aliphatic carbocycles. The predicted molar refractivity (Wildman–Crippen MR) is 105 cm³/mol. The molecule has 1 atom stereocenters. The third kappa shape index (κ3) is 3.80. The highest BCUT2D eigenvalue weighted by atomic mass is 35.5. The van der Waals surface area contributed by atoms with Crippen LogP contribution in [0.2, 0.25) is 0 Å². The molecule has 2 fully saturated rings. The van der Waals surface area contributed by atoms with Gasteiger partial charge < -0.3 is 10.4 Å². The van der Waals surface area contributed by atoms with Gasteiger partial charge in [-0.25, -0.2) is 0 Å². The van der Waals surface area contributed by atoms with Crippen molar-refractivity contribution in [2.45, 2.75) is 25.3 Å². The van der Waals surface area contributed by atoms with E-state index in [1.165, 1.54) is 30.2 Å². The lowest BCUT2D eigenvalue weighted by molar-refractivity contribution is 0.0838. The molecule has 2 aromatic rings. The largest absolute Gasteiger partial charge is 0.508 e. The van der Waals surface area contributed by atoms with Crippen LogP contribution in [0.5, 0.6) is 5.75 Å². The molecule has 1 heterocycles. The van der Waals surface area contributed by atoms with Gasteiger partial charge in [0, 0.05) is 32.2 Å². The topological polar surface area (TPSA) is 35.5 Å². The molecule has 1 saturated carbocycles. The van der Waals surface area contributed by atoms with E-state index in [0.29, 0.717) is 11.8 Å². The molecular weight excluding hydrogens is 343 g/mol. The van der Waals surface area contributed by atoms with Crippen molar-refractivity contribution in [3.63, 3.8) is 0 Å². The summed E-state index contributed by atoms with van der Waals surface area (Å²) in [5.74, 6) is 1.16. The number of nitrogens with one attached hydrogen (secondary N) is 1. The second-order valence-electron chi connectivity index (χ2n) is 6.71. The standard InChI is InChI=1S/C19H24N2O.2ClH/c22-18-7-6-15-12-17(5-4-16(15)13-18)19(14-2-1-3-14)21-10-8-20-9-11-21;;/h4-7,12-14,19-20,22H,1-3,8-11H2;2*1H/t19-;;/m1../s1. The minimum absolute atomic E-state index is 0. The van der Waals surface area contributed by atoms with Crippen molar-refractivity contribution in [1.29, 1.82) is 0 Å². The van der Waals surface area contributed by atoms with Gasteiger partial charge in [-0.05, 0) is 53.3 Å². The van der Waals surface area contributed by atoms with Gasteiger partial charge in [-0.3, -0.25) is 4.90 Å². The quantitative estimate of drug-likeness (QED) is 0.854. The first kappa shape index (κ1) is 19.3. The average Bonchev–Trinajstić information content (AvgIpc) is 2.51. The maximum atomic E-state index is 9.63. The monoisotopic (exact) mass is 368 g/mol. The summed E-state index contributed by atoms with van der Waals surface area (Å²) in [5, 5.41) is 15.4. The predicted octanol–water partition coefficient (Wildman–Crippen LogP) is 4.14. The van der Waals surface area contributed by atoms with Crippen LogP contribution in [0, 0.1) is 5.92 Å². The SMILES string of the molecule is Cl.Cl.Oc1ccc2cc([C@@H](C3CCC3)N3CCNCC3)ccc2c1. The number of fused-ring (bicyclic) bond motifs is 1. The Bertz CT molecular complexity index is 669. The van der Waals surface area contributed by atoms with Crippen LogP contribution in [0.15, 0.2) is 36.4 Å². The maximum absolute atomic E-state index is 9.63. The number of rotatable bonds is 3. The third-order valence-corrected chi connectivity index (χ3v) is 5.33. The summed E-state index contributed by atoms with van der Waals surface area (Å²) in [6.45, 7) is 4.50. The molecule has 0 amide bonds. The van der Waals surface area contributed by atoms with E-state index < -0.39 is 0 Å². The fraction of sp³-hybridized carbons (Fsp3) is 0.474. The number of phenolic OH excluding ortho intramolecular Hbond substituents is 1. The maximum Gasteiger partial charge on any atom is 0.116 e. The molecule has 2 N–H and O–H groups in total. The van der Waals surface area contributed by atoms with Crippen LogP contribution < -0.4 is 5.32 Å². The molecule has 132 valence electrons. The summed E-state index contributed by atoms with van der Waals surface area (Å²) >= 11 is 0. The van der Waals surface area contributed by atoms with Crippen molar-refractivity contribution in [3.8, 4) is 5.75 Å². The number of piperazine rings is 1. The smallest absolute Gasteiger partial charge is 0.116 e. The molecule has 5 heteroatoms. The van der Waals surface area contributed by atoms with Crippen LogP contribution in [0.3, 0.4) is 0 Å². The summed E-state index contributed by atoms with van der Waals surface area (Å²) in [7, 11) is 0. The number of halogens is 2. The second kappa shape index (κ2) is 8.39. The van der Waals surface area contributed by atoms with Crippen LogP contribution in [0.25, 0.3) is 10.8 Å². The number of nitrogens with zero attached hydrogens (tertiary/aromatic N) is 1. The van der Waals surface area contributed by atoms with Crippen LogP contribution >= 0.6 is 24.8 Å². The zero-order valence-electron chi connectivity index (χ0n) is 13.8. The Morgan fingerprint density at radius 3 is 2.29 bits per heavy atom. The van der Waals surface area contributed by atoms with Gasteiger partial charge in [-0.15, -0.1) is 24.8 Å². The summed E-state index contributed by atoms with van der Waals surface area (Å²) in [4.78, 5) is 2.67. The molecule has 1 saturated heterocycles. The molecule has 4 rings (SSSR count). The first-order chi connectivity index (χ1) is 10.8. The Hall–Kier alpha value is -1.00. The van der Waals surface area contributed by atoms with Gasteiger partial charge in [-0.2, -0.15) is 0 Å². The summed E-state index contributed by atoms with van der Waals surface area (Å²) in [5.41, 5.74) is 1.45. The highest BCUT2D eigenvalue weighted by molar-refractivity contribution is 5.86. The highest BCUT2D eigenvalue weighted by Crippen LogP contribution is 2.42. The lowest BCUT2D eigenvalue weighted by Crippen LogP contribution is -2.47. The Labute approximate surface area is 156 Å². The molecule has 0 aromatic heterocycles. The molecule has 24 heavy (non-hydrogen) atoms. The van der Waals surface area contributed by atoms with E-state index in [1.807, 2.05) is 12.1 Å². The number of aromatic hydroxyl groups is 1. The molecule has 2 aliphatic rings. The molecule has 3 nitrogen and oxygen atoms in total. The number of hydrogen-bond acceptors (Lipinski definition) is 3. The van der Waals surface area contributed by atoms with E-state index in [0.717, 1.165) is 37.5 Å². The molecule has 1 aliphatic heterocycles. The van der Waals surface area contributed by atoms with Crippen LogP contribution in [0.4, 0.5) is 0 Å². The zero-order chi connectivity index (χ0) is 14.9. The van der Waals surface area contributed by atoms with E-state index in [2.05, 4.69) is 28.4 Å². The molecule has 0 bridgehead atoms. The lowest BCUT2D eigenvalue weighted by atomic mass is 9.76. The minimum atomic E-state index is 0. The zero-order valence-corrected chi connectivity index (χ0v) is 15.4. The highest BCUT2D eigenvalue weighted by Gasteiger charge is 2.33. The van der Waals surface area contributed by atoms with Gasteiger partial charge in [0.1, 0.15) is 5.75 Å². The lowest BCUT2D eigenvalue weighted by Gasteiger charge is -2.43. The fourth-order valence-corrected chi connectivity index (χ4v) is 3.93. The average molecular weight is 369 g/mol. The van der Waals surface area contributed by atoms with Gasteiger partial charge in [0.2, 0.25) is 0 Å². The third-order valence-electron chi connectivity index (χ3n) is 5.33. The van der Waals surface area contributed by atoms with Crippen molar-refractivity contribution in [1.82, 2.24) is 10.2 Å². The number of benzene rings is 2. The van der Waals surface area contributed by atoms with Crippen LogP contribution in [-0.2, 0) is 0 Å². The van der Waals surface area contributed by atoms with Gasteiger partial charge in [0.05, 0.1) is 0 Å². The van der Waals surface area contributed by atoms with E-state index in [4.69, 9.17) is 0 Å². The molecule has 0 spiro atoms. The van der Waals surface area contributed by atoms with Crippen molar-refractivity contribution in [2.24, 2.45) is 5.92 Å². The van der Waals surface area contributed by atoms with Crippen molar-refractivity contribution >= 4 is 35.6 Å². The molecular formula is C19H26Cl2N2O. The van der Waals surface area contributed by atoms with Crippen molar-refractivity contribution < 1.29 is 5.11 Å². The molecule has 2 aromatic carbocycles. The Balaban J connectivity index is 0.00000104. The summed E-state index contributed by atoms with van der Waals surface area (Å²) < 4.78 is 0. The van der Waals surface area contributed by atoms with Crippen LogP contribution in [0.1, 0.15) is 30.9 Å². The van der Waals surface area contributed by atoms with Gasteiger partial charge in [0.25, 0.3) is 0 Å². The first-order valence-electron chi connectivity index (χ1n) is 8.49. The normalized spacial score (nSPS) is 19.8. The summed E-state index contributed by atoms with van der Waals surface area (Å²) in [6.07, 6.45) is 4.11. The summed E-state index contributed by atoms with van der Waals surface area (Å²) in [6, 6.07) is 13.0. The van der Waals surface area contributed by atoms with Crippen molar-refractivity contribution in [2.75, 3.05) is 26.2 Å². The van der Waals surface area contributed by atoms with Gasteiger partial charge in [-0.1, -0.05) is 24.6 Å². The van der Waals surface area contributed by atoms with E-state index in [-0.39, 0.29) is 24.8 Å². The molecule has 0 unspecified atom stereocenters.